The van der Waals surface area contributed by atoms with Gasteiger partial charge in [0, 0.05) is 42.3 Å². The van der Waals surface area contributed by atoms with Crippen LogP contribution in [0.25, 0.3) is 0 Å². The third-order valence-corrected chi connectivity index (χ3v) is 1.11. The largest absolute Gasteiger partial charge is 0.400 e. The zero-order chi connectivity index (χ0) is 11.3. The summed E-state index contributed by atoms with van der Waals surface area (Å²) in [6, 6.07) is 1.75. The predicted molar refractivity (Wildman–Crippen MR) is 61.1 cm³/mol. The summed E-state index contributed by atoms with van der Waals surface area (Å²) in [6.07, 6.45) is 0. The SMILES string of the molecule is CC#N.CO.COC(C)(OC)OC.Cl.N. The van der Waals surface area contributed by atoms with Crippen molar-refractivity contribution in [3.63, 3.8) is 0 Å². The summed E-state index contributed by atoms with van der Waals surface area (Å²) >= 11 is 0. The summed E-state index contributed by atoms with van der Waals surface area (Å²) in [5.74, 6) is -0.875. The zero-order valence-electron chi connectivity index (χ0n) is 10.2. The van der Waals surface area contributed by atoms with Crippen LogP contribution in [0.2, 0.25) is 0 Å². The molecule has 0 saturated carbocycles. The Morgan fingerprint density at radius 1 is 1.07 bits per heavy atom. The first-order valence-electron chi connectivity index (χ1n) is 3.51. The van der Waals surface area contributed by atoms with Crippen LogP contribution in [0.5, 0.6) is 0 Å². The van der Waals surface area contributed by atoms with Gasteiger partial charge in [0.05, 0.1) is 6.07 Å². The predicted octanol–water partition coefficient (Wildman–Crippen LogP) is 1.32. The number of rotatable bonds is 3. The smallest absolute Gasteiger partial charge is 0.279 e. The fourth-order valence-electron chi connectivity index (χ4n) is 0.250. The molecule has 4 N–H and O–H groups in total. The molecule has 15 heavy (non-hydrogen) atoms. The number of nitrogens with zero attached hydrogens (tertiary/aromatic N) is 1. The van der Waals surface area contributed by atoms with E-state index in [1.807, 2.05) is 0 Å². The topological polar surface area (TPSA) is 107 Å². The quantitative estimate of drug-likeness (QED) is 0.728. The van der Waals surface area contributed by atoms with Gasteiger partial charge in [-0.1, -0.05) is 0 Å². The lowest BCUT2D eigenvalue weighted by atomic mass is 10.6. The van der Waals surface area contributed by atoms with Gasteiger partial charge in [0.1, 0.15) is 0 Å². The first-order valence-corrected chi connectivity index (χ1v) is 3.51. The van der Waals surface area contributed by atoms with Crippen molar-refractivity contribution in [1.82, 2.24) is 6.15 Å². The molecule has 0 saturated heterocycles. The maximum atomic E-state index is 7.32. The Labute approximate surface area is 98.1 Å². The first kappa shape index (κ1) is 29.3. The molecular weight excluding hydrogens is 224 g/mol. The van der Waals surface area contributed by atoms with Crippen molar-refractivity contribution in [2.24, 2.45) is 0 Å². The maximum Gasteiger partial charge on any atom is 0.279 e. The molecule has 96 valence electrons. The third kappa shape index (κ3) is 24.7. The number of nitriles is 1. The number of methoxy groups -OCH3 is 3. The lowest BCUT2D eigenvalue weighted by Gasteiger charge is -2.23. The maximum absolute atomic E-state index is 7.32. The molecule has 0 spiro atoms. The molecule has 0 aromatic carbocycles. The molecule has 0 aliphatic rings. The minimum absolute atomic E-state index is 0. The van der Waals surface area contributed by atoms with Crippen LogP contribution in [0.15, 0.2) is 0 Å². The van der Waals surface area contributed by atoms with Gasteiger partial charge in [-0.05, 0) is 0 Å². The highest BCUT2D eigenvalue weighted by atomic mass is 35.5. The Morgan fingerprint density at radius 3 is 1.20 bits per heavy atom. The highest BCUT2D eigenvalue weighted by Gasteiger charge is 2.20. The third-order valence-electron chi connectivity index (χ3n) is 1.11. The van der Waals surface area contributed by atoms with Crippen LogP contribution in [0, 0.1) is 11.3 Å². The second kappa shape index (κ2) is 23.4. The van der Waals surface area contributed by atoms with E-state index in [2.05, 4.69) is 0 Å². The molecule has 0 aromatic heterocycles. The molecule has 6 nitrogen and oxygen atoms in total. The number of aliphatic hydroxyl groups is 1. The van der Waals surface area contributed by atoms with Crippen molar-refractivity contribution in [2.45, 2.75) is 19.8 Å². The number of hydrogen-bond donors (Lipinski definition) is 2. The van der Waals surface area contributed by atoms with Crippen LogP contribution in [0.1, 0.15) is 13.8 Å². The van der Waals surface area contributed by atoms with Crippen molar-refractivity contribution < 1.29 is 19.3 Å². The fraction of sp³-hybridized carbons (Fsp3) is 0.875. The Kier molecular flexibility index (Phi) is 45.7. The van der Waals surface area contributed by atoms with Crippen molar-refractivity contribution in [3.05, 3.63) is 0 Å². The van der Waals surface area contributed by atoms with Gasteiger partial charge in [-0.15, -0.1) is 12.4 Å². The Hall–Kier alpha value is -0.420. The Bertz CT molecular complexity index is 118. The lowest BCUT2D eigenvalue weighted by molar-refractivity contribution is -0.340. The molecule has 0 bridgehead atoms. The van der Waals surface area contributed by atoms with E-state index in [9.17, 15) is 0 Å². The summed E-state index contributed by atoms with van der Waals surface area (Å²) in [5, 5.41) is 14.3. The average molecular weight is 247 g/mol. The van der Waals surface area contributed by atoms with Gasteiger partial charge in [0.15, 0.2) is 0 Å². The molecule has 0 aromatic rings. The van der Waals surface area contributed by atoms with Crippen molar-refractivity contribution in [1.29, 1.82) is 5.26 Å². The van der Waals surface area contributed by atoms with Crippen LogP contribution in [-0.4, -0.2) is 39.5 Å². The van der Waals surface area contributed by atoms with Crippen molar-refractivity contribution in [3.8, 4) is 6.07 Å². The van der Waals surface area contributed by atoms with Crippen LogP contribution < -0.4 is 6.15 Å². The number of aliphatic hydroxyl groups excluding tert-OH is 1. The molecular formula is C8H23ClN2O4. The van der Waals surface area contributed by atoms with Crippen LogP contribution in [-0.2, 0) is 14.2 Å². The molecule has 0 aliphatic carbocycles. The zero-order valence-corrected chi connectivity index (χ0v) is 11.1. The van der Waals surface area contributed by atoms with E-state index in [1.54, 1.807) is 13.0 Å². The van der Waals surface area contributed by atoms with Gasteiger partial charge in [0.25, 0.3) is 5.97 Å². The highest BCUT2D eigenvalue weighted by molar-refractivity contribution is 5.85. The molecule has 0 amide bonds. The molecule has 0 atom stereocenters. The van der Waals surface area contributed by atoms with Gasteiger partial charge in [-0.3, -0.25) is 0 Å². The van der Waals surface area contributed by atoms with E-state index in [0.29, 0.717) is 0 Å². The summed E-state index contributed by atoms with van der Waals surface area (Å²) in [5.41, 5.74) is 0. The van der Waals surface area contributed by atoms with E-state index in [1.165, 1.54) is 28.3 Å². The molecule has 0 unspecified atom stereocenters. The number of halogens is 1. The Balaban J connectivity index is -0.0000000415. The van der Waals surface area contributed by atoms with E-state index < -0.39 is 5.97 Å². The van der Waals surface area contributed by atoms with Crippen molar-refractivity contribution in [2.75, 3.05) is 28.4 Å². The van der Waals surface area contributed by atoms with Crippen LogP contribution in [0.4, 0.5) is 0 Å². The van der Waals surface area contributed by atoms with Gasteiger partial charge in [-0.2, -0.15) is 5.26 Å². The molecule has 0 radical (unpaired) electrons. The number of hydrogen-bond acceptors (Lipinski definition) is 6. The normalized spacial score (nSPS) is 7.33. The fourth-order valence-corrected chi connectivity index (χ4v) is 0.250. The summed E-state index contributed by atoms with van der Waals surface area (Å²) in [6.45, 7) is 3.12. The average Bonchev–Trinajstić information content (AvgIpc) is 2.21. The summed E-state index contributed by atoms with van der Waals surface area (Å²) in [7, 11) is 5.56. The van der Waals surface area contributed by atoms with E-state index >= 15 is 0 Å². The molecule has 7 heteroatoms. The van der Waals surface area contributed by atoms with Gasteiger partial charge in [-0.25, -0.2) is 0 Å². The standard InChI is InChI=1S/C5H12O3.C2H3N.CH4O.ClH.H3N/c1-5(6-2,7-3)8-4;1-2-3;1-2;;/h1-4H3;1H3;2H,1H3;1H;1H3. The van der Waals surface area contributed by atoms with Crippen molar-refractivity contribution >= 4 is 12.4 Å². The molecule has 0 aliphatic heterocycles. The van der Waals surface area contributed by atoms with E-state index in [0.717, 1.165) is 7.11 Å². The monoisotopic (exact) mass is 246 g/mol. The first-order chi connectivity index (χ1) is 6.10. The minimum Gasteiger partial charge on any atom is -0.400 e. The van der Waals surface area contributed by atoms with Gasteiger partial charge < -0.3 is 25.5 Å². The number of ether oxygens (including phenoxy) is 3. The molecule has 0 heterocycles. The summed E-state index contributed by atoms with van der Waals surface area (Å²) in [4.78, 5) is 0. The molecule has 0 fully saturated rings. The van der Waals surface area contributed by atoms with Crippen LogP contribution >= 0.6 is 12.4 Å². The minimum atomic E-state index is -0.875. The highest BCUT2D eigenvalue weighted by Crippen LogP contribution is 2.08. The molecule has 0 rings (SSSR count). The second-order valence-corrected chi connectivity index (χ2v) is 1.70. The lowest BCUT2D eigenvalue weighted by Crippen LogP contribution is -2.31. The second-order valence-electron chi connectivity index (χ2n) is 1.70. The summed E-state index contributed by atoms with van der Waals surface area (Å²) < 4.78 is 14.4. The van der Waals surface area contributed by atoms with Crippen LogP contribution in [0.3, 0.4) is 0 Å². The van der Waals surface area contributed by atoms with E-state index in [-0.39, 0.29) is 18.6 Å². The van der Waals surface area contributed by atoms with Gasteiger partial charge >= 0.3 is 0 Å². The van der Waals surface area contributed by atoms with Gasteiger partial charge in [0.2, 0.25) is 0 Å². The van der Waals surface area contributed by atoms with E-state index in [4.69, 9.17) is 24.6 Å². The Morgan fingerprint density at radius 2 is 1.20 bits per heavy atom.